The second kappa shape index (κ2) is 5.87. The van der Waals surface area contributed by atoms with E-state index in [1.165, 1.54) is 6.07 Å². The highest BCUT2D eigenvalue weighted by Crippen LogP contribution is 2.29. The number of hydrogen-bond donors (Lipinski definition) is 1. The number of fused-ring (bicyclic) bond motifs is 1. The Bertz CT molecular complexity index is 844. The lowest BCUT2D eigenvalue weighted by Crippen LogP contribution is -2.08. The standard InChI is InChI=1S/C17H14F3N3/c1-11-22-15-8-3-2-7-14(15)16(23-11)21-10-12-5-4-6-13(9-12)17(18,19)20/h2-9H,10H2,1H3,(H,21,22,23). The molecule has 23 heavy (non-hydrogen) atoms. The van der Waals surface area contributed by atoms with Crippen molar-refractivity contribution in [3.8, 4) is 0 Å². The highest BCUT2D eigenvalue weighted by molar-refractivity contribution is 5.88. The van der Waals surface area contributed by atoms with E-state index in [1.54, 1.807) is 13.0 Å². The average molecular weight is 317 g/mol. The van der Waals surface area contributed by atoms with Crippen LogP contribution in [0.5, 0.6) is 0 Å². The summed E-state index contributed by atoms with van der Waals surface area (Å²) in [6.45, 7) is 2.03. The first-order chi connectivity index (χ1) is 10.9. The van der Waals surface area contributed by atoms with Crippen molar-refractivity contribution in [3.63, 3.8) is 0 Å². The Hall–Kier alpha value is -2.63. The van der Waals surface area contributed by atoms with Crippen LogP contribution >= 0.6 is 0 Å². The van der Waals surface area contributed by atoms with Crippen molar-refractivity contribution in [3.05, 3.63) is 65.5 Å². The molecule has 0 radical (unpaired) electrons. The van der Waals surface area contributed by atoms with E-state index >= 15 is 0 Å². The zero-order valence-electron chi connectivity index (χ0n) is 12.4. The minimum absolute atomic E-state index is 0.254. The third-order valence-electron chi connectivity index (χ3n) is 3.43. The summed E-state index contributed by atoms with van der Waals surface area (Å²) in [6.07, 6.45) is -4.34. The maximum Gasteiger partial charge on any atom is 0.416 e. The van der Waals surface area contributed by atoms with Gasteiger partial charge in [0, 0.05) is 11.9 Å². The summed E-state index contributed by atoms with van der Waals surface area (Å²) in [5.74, 6) is 1.22. The van der Waals surface area contributed by atoms with Gasteiger partial charge >= 0.3 is 6.18 Å². The summed E-state index contributed by atoms with van der Waals surface area (Å²) in [4.78, 5) is 8.68. The van der Waals surface area contributed by atoms with Crippen molar-refractivity contribution in [2.24, 2.45) is 0 Å². The number of alkyl halides is 3. The first-order valence-corrected chi connectivity index (χ1v) is 7.07. The molecule has 0 bridgehead atoms. The summed E-state index contributed by atoms with van der Waals surface area (Å²) >= 11 is 0. The molecule has 0 aliphatic carbocycles. The van der Waals surface area contributed by atoms with E-state index in [1.807, 2.05) is 24.3 Å². The fourth-order valence-corrected chi connectivity index (χ4v) is 2.37. The van der Waals surface area contributed by atoms with Gasteiger partial charge in [-0.15, -0.1) is 0 Å². The number of aromatic nitrogens is 2. The molecule has 6 heteroatoms. The zero-order chi connectivity index (χ0) is 16.4. The van der Waals surface area contributed by atoms with Gasteiger partial charge in [-0.2, -0.15) is 13.2 Å². The predicted molar refractivity (Wildman–Crippen MR) is 83.0 cm³/mol. The number of hydrogen-bond acceptors (Lipinski definition) is 3. The SMILES string of the molecule is Cc1nc(NCc2cccc(C(F)(F)F)c2)c2ccccc2n1. The molecule has 3 rings (SSSR count). The number of anilines is 1. The molecule has 1 heterocycles. The largest absolute Gasteiger partial charge is 0.416 e. The van der Waals surface area contributed by atoms with Gasteiger partial charge < -0.3 is 5.32 Å². The van der Waals surface area contributed by atoms with Gasteiger partial charge in [0.25, 0.3) is 0 Å². The predicted octanol–water partition coefficient (Wildman–Crippen LogP) is 4.57. The Morgan fingerprint density at radius 3 is 2.57 bits per heavy atom. The Balaban J connectivity index is 1.87. The van der Waals surface area contributed by atoms with Crippen LogP contribution in [0.15, 0.2) is 48.5 Å². The molecular formula is C17H14F3N3. The smallest absolute Gasteiger partial charge is 0.365 e. The van der Waals surface area contributed by atoms with Crippen molar-refractivity contribution in [2.75, 3.05) is 5.32 Å². The van der Waals surface area contributed by atoms with Crippen molar-refractivity contribution in [1.82, 2.24) is 9.97 Å². The van der Waals surface area contributed by atoms with Gasteiger partial charge in [0.05, 0.1) is 11.1 Å². The third kappa shape index (κ3) is 3.41. The summed E-state index contributed by atoms with van der Waals surface area (Å²) < 4.78 is 38.3. The zero-order valence-corrected chi connectivity index (χ0v) is 12.4. The first-order valence-electron chi connectivity index (χ1n) is 7.07. The van der Waals surface area contributed by atoms with Crippen molar-refractivity contribution in [2.45, 2.75) is 19.6 Å². The van der Waals surface area contributed by atoms with Crippen LogP contribution in [-0.4, -0.2) is 9.97 Å². The molecule has 3 nitrogen and oxygen atoms in total. The second-order valence-electron chi connectivity index (χ2n) is 5.19. The fraction of sp³-hybridized carbons (Fsp3) is 0.176. The van der Waals surface area contributed by atoms with Crippen molar-refractivity contribution < 1.29 is 13.2 Å². The van der Waals surface area contributed by atoms with E-state index in [2.05, 4.69) is 15.3 Å². The van der Waals surface area contributed by atoms with E-state index < -0.39 is 11.7 Å². The third-order valence-corrected chi connectivity index (χ3v) is 3.43. The van der Waals surface area contributed by atoms with Crippen LogP contribution < -0.4 is 5.32 Å². The molecule has 0 spiro atoms. The number of aryl methyl sites for hydroxylation is 1. The molecule has 1 aromatic heterocycles. The molecule has 0 saturated carbocycles. The molecular weight excluding hydrogens is 303 g/mol. The highest BCUT2D eigenvalue weighted by Gasteiger charge is 2.30. The quantitative estimate of drug-likeness (QED) is 0.769. The number of halogens is 3. The first kappa shape index (κ1) is 15.3. The highest BCUT2D eigenvalue weighted by atomic mass is 19.4. The number of rotatable bonds is 3. The topological polar surface area (TPSA) is 37.8 Å². The molecule has 0 atom stereocenters. The number of nitrogens with one attached hydrogen (secondary N) is 1. The van der Waals surface area contributed by atoms with E-state index in [0.29, 0.717) is 17.2 Å². The molecule has 0 amide bonds. The van der Waals surface area contributed by atoms with Gasteiger partial charge in [-0.25, -0.2) is 9.97 Å². The van der Waals surface area contributed by atoms with Crippen LogP contribution in [0.4, 0.5) is 19.0 Å². The monoisotopic (exact) mass is 317 g/mol. The van der Waals surface area contributed by atoms with Crippen molar-refractivity contribution in [1.29, 1.82) is 0 Å². The maximum absolute atomic E-state index is 12.8. The van der Waals surface area contributed by atoms with E-state index in [9.17, 15) is 13.2 Å². The van der Waals surface area contributed by atoms with Gasteiger partial charge in [0.15, 0.2) is 0 Å². The Labute approximate surface area is 131 Å². The lowest BCUT2D eigenvalue weighted by molar-refractivity contribution is -0.137. The molecule has 0 aliphatic heterocycles. The summed E-state index contributed by atoms with van der Waals surface area (Å²) in [7, 11) is 0. The normalized spacial score (nSPS) is 11.7. The molecule has 1 N–H and O–H groups in total. The van der Waals surface area contributed by atoms with Crippen LogP contribution in [-0.2, 0) is 12.7 Å². The number of benzene rings is 2. The van der Waals surface area contributed by atoms with Crippen LogP contribution in [0.1, 0.15) is 17.0 Å². The molecule has 0 fully saturated rings. The summed E-state index contributed by atoms with van der Waals surface area (Å²) in [5.41, 5.74) is 0.687. The summed E-state index contributed by atoms with van der Waals surface area (Å²) in [6, 6.07) is 12.8. The minimum atomic E-state index is -4.34. The Morgan fingerprint density at radius 2 is 1.78 bits per heavy atom. The van der Waals surface area contributed by atoms with Gasteiger partial charge in [-0.3, -0.25) is 0 Å². The molecule has 3 aromatic rings. The van der Waals surface area contributed by atoms with Gasteiger partial charge in [-0.05, 0) is 36.8 Å². The average Bonchev–Trinajstić information content (AvgIpc) is 2.52. The van der Waals surface area contributed by atoms with Gasteiger partial charge in [0.2, 0.25) is 0 Å². The Kier molecular flexibility index (Phi) is 3.90. The fourth-order valence-electron chi connectivity index (χ4n) is 2.37. The van der Waals surface area contributed by atoms with Gasteiger partial charge in [-0.1, -0.05) is 24.3 Å². The van der Waals surface area contributed by atoms with Crippen LogP contribution in [0.25, 0.3) is 10.9 Å². The second-order valence-corrected chi connectivity index (χ2v) is 5.19. The van der Waals surface area contributed by atoms with Gasteiger partial charge in [0.1, 0.15) is 11.6 Å². The van der Waals surface area contributed by atoms with Crippen molar-refractivity contribution >= 4 is 16.7 Å². The van der Waals surface area contributed by atoms with E-state index in [-0.39, 0.29) is 6.54 Å². The van der Waals surface area contributed by atoms with Crippen LogP contribution in [0.2, 0.25) is 0 Å². The molecule has 0 aliphatic rings. The van der Waals surface area contributed by atoms with E-state index in [0.717, 1.165) is 23.0 Å². The minimum Gasteiger partial charge on any atom is -0.365 e. The number of nitrogens with zero attached hydrogens (tertiary/aromatic N) is 2. The summed E-state index contributed by atoms with van der Waals surface area (Å²) in [5, 5.41) is 3.94. The lowest BCUT2D eigenvalue weighted by atomic mass is 10.1. The molecule has 0 unspecified atom stereocenters. The lowest BCUT2D eigenvalue weighted by Gasteiger charge is -2.11. The Morgan fingerprint density at radius 1 is 1.00 bits per heavy atom. The van der Waals surface area contributed by atoms with Crippen LogP contribution in [0, 0.1) is 6.92 Å². The van der Waals surface area contributed by atoms with E-state index in [4.69, 9.17) is 0 Å². The molecule has 2 aromatic carbocycles. The molecule has 118 valence electrons. The molecule has 0 saturated heterocycles. The van der Waals surface area contributed by atoms with Crippen LogP contribution in [0.3, 0.4) is 0 Å². The number of para-hydroxylation sites is 1. The maximum atomic E-state index is 12.8.